The minimum Gasteiger partial charge on any atom is -0.476 e. The zero-order valence-electron chi connectivity index (χ0n) is 8.11. The molecule has 0 aromatic rings. The quantitative estimate of drug-likeness (QED) is 0.419. The maximum atomic E-state index is 9.57. The monoisotopic (exact) mass is 238 g/mol. The summed E-state index contributed by atoms with van der Waals surface area (Å²) >= 11 is 4.65. The van der Waals surface area contributed by atoms with Gasteiger partial charge in [0.05, 0.1) is 6.61 Å². The summed E-state index contributed by atoms with van der Waals surface area (Å²) in [5.74, 6) is 0. The molecule has 1 saturated heterocycles. The standard InChI is InChI=1S/C8H14O6S/c1-3(15)13-7-6(11)5(10)4(2-9)14-8(7)12/h4-12H,2H2,1H3. The minimum atomic E-state index is -1.43. The second-order valence-electron chi connectivity index (χ2n) is 3.30. The fourth-order valence-corrected chi connectivity index (χ4v) is 1.50. The van der Waals surface area contributed by atoms with Crippen LogP contribution in [0.3, 0.4) is 0 Å². The number of hydrogen-bond acceptors (Lipinski definition) is 7. The highest BCUT2D eigenvalue weighted by Gasteiger charge is 2.45. The van der Waals surface area contributed by atoms with Crippen LogP contribution in [-0.4, -0.2) is 62.8 Å². The van der Waals surface area contributed by atoms with Crippen molar-refractivity contribution in [2.45, 2.75) is 37.6 Å². The van der Waals surface area contributed by atoms with E-state index in [1.807, 2.05) is 0 Å². The van der Waals surface area contributed by atoms with Crippen LogP contribution >= 0.6 is 12.2 Å². The normalized spacial score (nSPS) is 41.3. The largest absolute Gasteiger partial charge is 0.476 e. The average Bonchev–Trinajstić information content (AvgIpc) is 2.18. The molecule has 1 aliphatic heterocycles. The fourth-order valence-electron chi connectivity index (χ4n) is 1.39. The summed E-state index contributed by atoms with van der Waals surface area (Å²) < 4.78 is 9.79. The third kappa shape index (κ3) is 2.83. The third-order valence-corrected chi connectivity index (χ3v) is 2.24. The molecule has 0 aromatic carbocycles. The highest BCUT2D eigenvalue weighted by molar-refractivity contribution is 7.80. The Kier molecular flexibility index (Phi) is 4.38. The number of aliphatic hydroxyl groups excluding tert-OH is 4. The Balaban J connectivity index is 2.70. The molecular weight excluding hydrogens is 224 g/mol. The predicted octanol–water partition coefficient (Wildman–Crippen LogP) is -1.85. The number of ether oxygens (including phenoxy) is 2. The van der Waals surface area contributed by atoms with Crippen LogP contribution < -0.4 is 0 Å². The van der Waals surface area contributed by atoms with Crippen LogP contribution in [0.25, 0.3) is 0 Å². The summed E-state index contributed by atoms with van der Waals surface area (Å²) in [6, 6.07) is 0. The molecule has 1 fully saturated rings. The van der Waals surface area contributed by atoms with Gasteiger partial charge in [-0.25, -0.2) is 0 Å². The first-order chi connectivity index (χ1) is 6.97. The first-order valence-electron chi connectivity index (χ1n) is 4.45. The highest BCUT2D eigenvalue weighted by atomic mass is 32.1. The van der Waals surface area contributed by atoms with Crippen molar-refractivity contribution in [2.24, 2.45) is 0 Å². The summed E-state index contributed by atoms with van der Waals surface area (Å²) in [7, 11) is 0. The maximum Gasteiger partial charge on any atom is 0.195 e. The molecule has 5 unspecified atom stereocenters. The Morgan fingerprint density at radius 3 is 2.40 bits per heavy atom. The molecule has 88 valence electrons. The molecule has 0 radical (unpaired) electrons. The lowest BCUT2D eigenvalue weighted by Crippen LogP contribution is -2.59. The van der Waals surface area contributed by atoms with Gasteiger partial charge in [-0.15, -0.1) is 0 Å². The molecule has 1 aliphatic rings. The van der Waals surface area contributed by atoms with Crippen molar-refractivity contribution >= 4 is 17.3 Å². The second-order valence-corrected chi connectivity index (χ2v) is 3.88. The van der Waals surface area contributed by atoms with Gasteiger partial charge in [-0.2, -0.15) is 0 Å². The molecule has 1 heterocycles. The van der Waals surface area contributed by atoms with E-state index in [1.54, 1.807) is 0 Å². The van der Waals surface area contributed by atoms with Gasteiger partial charge in [0.15, 0.2) is 17.4 Å². The third-order valence-electron chi connectivity index (χ3n) is 2.14. The lowest BCUT2D eigenvalue weighted by Gasteiger charge is -2.39. The number of hydrogen-bond donors (Lipinski definition) is 4. The van der Waals surface area contributed by atoms with E-state index in [0.29, 0.717) is 0 Å². The van der Waals surface area contributed by atoms with E-state index in [1.165, 1.54) is 6.92 Å². The molecule has 4 N–H and O–H groups in total. The van der Waals surface area contributed by atoms with Crippen molar-refractivity contribution in [3.63, 3.8) is 0 Å². The van der Waals surface area contributed by atoms with Gasteiger partial charge >= 0.3 is 0 Å². The van der Waals surface area contributed by atoms with Crippen LogP contribution in [0.2, 0.25) is 0 Å². The number of rotatable bonds is 2. The van der Waals surface area contributed by atoms with Crippen molar-refractivity contribution < 1.29 is 29.9 Å². The Hall–Kier alpha value is -0.310. The zero-order valence-corrected chi connectivity index (χ0v) is 8.92. The van der Waals surface area contributed by atoms with Crippen molar-refractivity contribution in [3.05, 3.63) is 0 Å². The van der Waals surface area contributed by atoms with E-state index in [-0.39, 0.29) is 5.05 Å². The number of thiocarbonyl (C=S) groups is 1. The van der Waals surface area contributed by atoms with Gasteiger partial charge in [-0.05, 0) is 12.2 Å². The van der Waals surface area contributed by atoms with Gasteiger partial charge in [0.1, 0.15) is 18.3 Å². The van der Waals surface area contributed by atoms with Gasteiger partial charge in [0, 0.05) is 6.92 Å². The Labute approximate surface area is 92.1 Å². The summed E-state index contributed by atoms with van der Waals surface area (Å²) in [5, 5.41) is 37.4. The van der Waals surface area contributed by atoms with Gasteiger partial charge in [-0.1, -0.05) is 0 Å². The van der Waals surface area contributed by atoms with E-state index >= 15 is 0 Å². The molecular formula is C8H14O6S. The summed E-state index contributed by atoms with van der Waals surface area (Å²) in [6.45, 7) is 0.970. The van der Waals surface area contributed by atoms with Crippen molar-refractivity contribution in [1.29, 1.82) is 0 Å². The lowest BCUT2D eigenvalue weighted by atomic mass is 9.99. The molecule has 5 atom stereocenters. The fraction of sp³-hybridized carbons (Fsp3) is 0.875. The summed E-state index contributed by atoms with van der Waals surface area (Å²) in [6.07, 6.45) is -6.28. The molecule has 0 bridgehead atoms. The smallest absolute Gasteiger partial charge is 0.195 e. The van der Waals surface area contributed by atoms with Crippen molar-refractivity contribution in [1.82, 2.24) is 0 Å². The van der Waals surface area contributed by atoms with Crippen molar-refractivity contribution in [3.8, 4) is 0 Å². The van der Waals surface area contributed by atoms with E-state index in [0.717, 1.165) is 0 Å². The average molecular weight is 238 g/mol. The van der Waals surface area contributed by atoms with Gasteiger partial charge in [0.2, 0.25) is 0 Å². The van der Waals surface area contributed by atoms with E-state index in [4.69, 9.17) is 14.6 Å². The van der Waals surface area contributed by atoms with Gasteiger partial charge in [0.25, 0.3) is 0 Å². The maximum absolute atomic E-state index is 9.57. The molecule has 0 aromatic heterocycles. The summed E-state index contributed by atoms with van der Waals surface area (Å²) in [4.78, 5) is 0. The Morgan fingerprint density at radius 1 is 1.33 bits per heavy atom. The molecule has 0 aliphatic carbocycles. The first-order valence-corrected chi connectivity index (χ1v) is 4.86. The van der Waals surface area contributed by atoms with E-state index in [2.05, 4.69) is 12.2 Å². The van der Waals surface area contributed by atoms with E-state index in [9.17, 15) is 15.3 Å². The molecule has 0 amide bonds. The topological polar surface area (TPSA) is 99.4 Å². The van der Waals surface area contributed by atoms with Crippen LogP contribution in [-0.2, 0) is 9.47 Å². The van der Waals surface area contributed by atoms with Crippen LogP contribution in [0.4, 0.5) is 0 Å². The Bertz CT molecular complexity index is 235. The van der Waals surface area contributed by atoms with E-state index < -0.39 is 37.3 Å². The lowest BCUT2D eigenvalue weighted by molar-refractivity contribution is -0.282. The SMILES string of the molecule is CC(=S)OC1C(O)OC(CO)C(O)C1O. The zero-order chi connectivity index (χ0) is 11.6. The van der Waals surface area contributed by atoms with Crippen LogP contribution in [0.15, 0.2) is 0 Å². The molecule has 0 spiro atoms. The molecule has 0 saturated carbocycles. The van der Waals surface area contributed by atoms with Crippen LogP contribution in [0.1, 0.15) is 6.92 Å². The van der Waals surface area contributed by atoms with Gasteiger partial charge in [-0.3, -0.25) is 0 Å². The summed E-state index contributed by atoms with van der Waals surface area (Å²) in [5.41, 5.74) is 0. The van der Waals surface area contributed by atoms with Crippen LogP contribution in [0.5, 0.6) is 0 Å². The number of aliphatic hydroxyl groups is 4. The second kappa shape index (κ2) is 5.15. The predicted molar refractivity (Wildman–Crippen MR) is 53.1 cm³/mol. The van der Waals surface area contributed by atoms with Crippen molar-refractivity contribution in [2.75, 3.05) is 6.61 Å². The Morgan fingerprint density at radius 2 is 1.93 bits per heavy atom. The molecule has 15 heavy (non-hydrogen) atoms. The molecule has 1 rings (SSSR count). The first kappa shape index (κ1) is 12.8. The minimum absolute atomic E-state index is 0.122. The van der Waals surface area contributed by atoms with Crippen LogP contribution in [0, 0.1) is 0 Å². The van der Waals surface area contributed by atoms with Gasteiger partial charge < -0.3 is 29.9 Å². The molecule has 6 nitrogen and oxygen atoms in total. The highest BCUT2D eigenvalue weighted by Crippen LogP contribution is 2.22. The molecule has 7 heteroatoms.